The number of aromatic nitrogens is 4. The Labute approximate surface area is 88.9 Å². The summed E-state index contributed by atoms with van der Waals surface area (Å²) in [5, 5.41) is 20.8. The molecule has 84 valence electrons. The summed E-state index contributed by atoms with van der Waals surface area (Å²) in [6, 6.07) is 0. The van der Waals surface area contributed by atoms with Gasteiger partial charge < -0.3 is 5.11 Å². The molecule has 6 nitrogen and oxygen atoms in total. The first-order valence-electron chi connectivity index (χ1n) is 5.45. The normalized spacial score (nSPS) is 18.0. The van der Waals surface area contributed by atoms with E-state index in [0.29, 0.717) is 0 Å². The monoisotopic (exact) mass is 211 g/mol. The Morgan fingerprint density at radius 1 is 1.47 bits per heavy atom. The predicted molar refractivity (Wildman–Crippen MR) is 54.0 cm³/mol. The molecular formula is C9H17N5O. The number of nitrogens with zero attached hydrogens (tertiary/aromatic N) is 5. The minimum absolute atomic E-state index is 0.162. The Morgan fingerprint density at radius 2 is 2.27 bits per heavy atom. The SMILES string of the molecule is CCCCn1nnnc1CN1CC(O)C1. The summed E-state index contributed by atoms with van der Waals surface area (Å²) in [6.07, 6.45) is 2.08. The zero-order valence-electron chi connectivity index (χ0n) is 9.00. The lowest BCUT2D eigenvalue weighted by Crippen LogP contribution is -2.50. The second-order valence-corrected chi connectivity index (χ2v) is 4.02. The van der Waals surface area contributed by atoms with Gasteiger partial charge in [-0.2, -0.15) is 0 Å². The van der Waals surface area contributed by atoms with Crippen LogP contribution < -0.4 is 0 Å². The average molecular weight is 211 g/mol. The van der Waals surface area contributed by atoms with Crippen molar-refractivity contribution in [3.63, 3.8) is 0 Å². The lowest BCUT2D eigenvalue weighted by atomic mass is 10.2. The van der Waals surface area contributed by atoms with Crippen molar-refractivity contribution in [1.82, 2.24) is 25.1 Å². The number of aliphatic hydroxyl groups is 1. The van der Waals surface area contributed by atoms with Crippen LogP contribution in [0.3, 0.4) is 0 Å². The number of tetrazole rings is 1. The van der Waals surface area contributed by atoms with Crippen LogP contribution in [0.5, 0.6) is 0 Å². The van der Waals surface area contributed by atoms with E-state index < -0.39 is 0 Å². The van der Waals surface area contributed by atoms with E-state index in [4.69, 9.17) is 5.11 Å². The molecule has 6 heteroatoms. The minimum Gasteiger partial charge on any atom is -0.390 e. The first kappa shape index (κ1) is 10.5. The molecule has 0 atom stereocenters. The fourth-order valence-electron chi connectivity index (χ4n) is 1.69. The van der Waals surface area contributed by atoms with E-state index in [1.165, 1.54) is 0 Å². The van der Waals surface area contributed by atoms with Crippen LogP contribution in [0.4, 0.5) is 0 Å². The van der Waals surface area contributed by atoms with Gasteiger partial charge in [0.25, 0.3) is 0 Å². The van der Waals surface area contributed by atoms with Gasteiger partial charge in [-0.15, -0.1) is 5.10 Å². The molecule has 1 aromatic rings. The van der Waals surface area contributed by atoms with Crippen molar-refractivity contribution in [3.05, 3.63) is 5.82 Å². The highest BCUT2D eigenvalue weighted by Gasteiger charge is 2.25. The van der Waals surface area contributed by atoms with Gasteiger partial charge in [0.1, 0.15) is 0 Å². The zero-order chi connectivity index (χ0) is 10.7. The van der Waals surface area contributed by atoms with E-state index in [1.54, 1.807) is 0 Å². The molecular weight excluding hydrogens is 194 g/mol. The number of hydrogen-bond acceptors (Lipinski definition) is 5. The second-order valence-electron chi connectivity index (χ2n) is 4.02. The van der Waals surface area contributed by atoms with Crippen LogP contribution in [-0.4, -0.2) is 49.4 Å². The zero-order valence-corrected chi connectivity index (χ0v) is 9.00. The van der Waals surface area contributed by atoms with E-state index >= 15 is 0 Å². The maximum atomic E-state index is 9.16. The topological polar surface area (TPSA) is 67.1 Å². The van der Waals surface area contributed by atoms with E-state index in [1.807, 2.05) is 4.68 Å². The fraction of sp³-hybridized carbons (Fsp3) is 0.889. The first-order valence-corrected chi connectivity index (χ1v) is 5.45. The van der Waals surface area contributed by atoms with Crippen LogP contribution in [-0.2, 0) is 13.1 Å². The van der Waals surface area contributed by atoms with Crippen molar-refractivity contribution < 1.29 is 5.11 Å². The van der Waals surface area contributed by atoms with Crippen molar-refractivity contribution in [3.8, 4) is 0 Å². The van der Waals surface area contributed by atoms with E-state index in [-0.39, 0.29) is 6.10 Å². The number of aryl methyl sites for hydroxylation is 1. The standard InChI is InChI=1S/C9H17N5O/c1-2-3-4-14-9(10-11-12-14)7-13-5-8(15)6-13/h8,15H,2-7H2,1H3. The minimum atomic E-state index is -0.162. The molecule has 1 saturated heterocycles. The largest absolute Gasteiger partial charge is 0.390 e. The summed E-state index contributed by atoms with van der Waals surface area (Å²) < 4.78 is 1.86. The molecule has 2 heterocycles. The van der Waals surface area contributed by atoms with Crippen molar-refractivity contribution in [2.24, 2.45) is 0 Å². The van der Waals surface area contributed by atoms with Crippen LogP contribution >= 0.6 is 0 Å². The third kappa shape index (κ3) is 2.51. The third-order valence-electron chi connectivity index (χ3n) is 2.63. The molecule has 0 amide bonds. The highest BCUT2D eigenvalue weighted by molar-refractivity contribution is 4.87. The van der Waals surface area contributed by atoms with Crippen LogP contribution in [0.2, 0.25) is 0 Å². The molecule has 0 spiro atoms. The average Bonchev–Trinajstić information content (AvgIpc) is 2.60. The predicted octanol–water partition coefficient (Wildman–Crippen LogP) is -0.350. The Balaban J connectivity index is 1.87. The third-order valence-corrected chi connectivity index (χ3v) is 2.63. The van der Waals surface area contributed by atoms with E-state index in [0.717, 1.165) is 44.8 Å². The summed E-state index contributed by atoms with van der Waals surface area (Å²) >= 11 is 0. The molecule has 1 aromatic heterocycles. The van der Waals surface area contributed by atoms with Crippen LogP contribution in [0.15, 0.2) is 0 Å². The highest BCUT2D eigenvalue weighted by Crippen LogP contribution is 2.11. The van der Waals surface area contributed by atoms with Crippen molar-refractivity contribution in [1.29, 1.82) is 0 Å². The van der Waals surface area contributed by atoms with Gasteiger partial charge in [-0.1, -0.05) is 13.3 Å². The van der Waals surface area contributed by atoms with Gasteiger partial charge >= 0.3 is 0 Å². The molecule has 0 unspecified atom stereocenters. The highest BCUT2D eigenvalue weighted by atomic mass is 16.3. The Hall–Kier alpha value is -1.01. The fourth-order valence-corrected chi connectivity index (χ4v) is 1.69. The van der Waals surface area contributed by atoms with Crippen molar-refractivity contribution >= 4 is 0 Å². The maximum Gasteiger partial charge on any atom is 0.165 e. The lowest BCUT2D eigenvalue weighted by molar-refractivity contribution is -0.00506. The Kier molecular flexibility index (Phi) is 3.27. The van der Waals surface area contributed by atoms with Crippen LogP contribution in [0, 0.1) is 0 Å². The number of β-amino-alcohol motifs (C(OH)–C–C–N with tert-alkyl or cyclic N) is 1. The number of hydrogen-bond donors (Lipinski definition) is 1. The van der Waals surface area contributed by atoms with Crippen LogP contribution in [0.1, 0.15) is 25.6 Å². The summed E-state index contributed by atoms with van der Waals surface area (Å²) in [4.78, 5) is 2.14. The Bertz CT molecular complexity index is 307. The number of unbranched alkanes of at least 4 members (excludes halogenated alkanes) is 1. The molecule has 1 aliphatic heterocycles. The first-order chi connectivity index (χ1) is 7.29. The molecule has 0 aromatic carbocycles. The molecule has 2 rings (SSSR count). The quantitative estimate of drug-likeness (QED) is 0.721. The van der Waals surface area contributed by atoms with Crippen LogP contribution in [0.25, 0.3) is 0 Å². The van der Waals surface area contributed by atoms with Gasteiger partial charge in [-0.05, 0) is 16.8 Å². The molecule has 15 heavy (non-hydrogen) atoms. The van der Waals surface area contributed by atoms with Crippen molar-refractivity contribution in [2.75, 3.05) is 13.1 Å². The van der Waals surface area contributed by atoms with E-state index in [2.05, 4.69) is 27.3 Å². The van der Waals surface area contributed by atoms with Gasteiger partial charge in [0.2, 0.25) is 0 Å². The van der Waals surface area contributed by atoms with Gasteiger partial charge in [0.15, 0.2) is 5.82 Å². The summed E-state index contributed by atoms with van der Waals surface area (Å²) in [6.45, 7) is 5.25. The summed E-state index contributed by atoms with van der Waals surface area (Å²) in [5.41, 5.74) is 0. The van der Waals surface area contributed by atoms with Gasteiger partial charge in [-0.3, -0.25) is 4.90 Å². The number of rotatable bonds is 5. The second kappa shape index (κ2) is 4.67. The number of aliphatic hydroxyl groups excluding tert-OH is 1. The van der Waals surface area contributed by atoms with E-state index in [9.17, 15) is 0 Å². The number of likely N-dealkylation sites (tertiary alicyclic amines) is 1. The summed E-state index contributed by atoms with van der Waals surface area (Å²) in [7, 11) is 0. The summed E-state index contributed by atoms with van der Waals surface area (Å²) in [5.74, 6) is 0.898. The molecule has 1 fully saturated rings. The molecule has 0 bridgehead atoms. The molecule has 0 aliphatic carbocycles. The Morgan fingerprint density at radius 3 is 2.93 bits per heavy atom. The lowest BCUT2D eigenvalue weighted by Gasteiger charge is -2.35. The molecule has 0 radical (unpaired) electrons. The smallest absolute Gasteiger partial charge is 0.165 e. The van der Waals surface area contributed by atoms with Crippen molar-refractivity contribution in [2.45, 2.75) is 39.0 Å². The van der Waals surface area contributed by atoms with Gasteiger partial charge in [-0.25, -0.2) is 4.68 Å². The molecule has 0 saturated carbocycles. The van der Waals surface area contributed by atoms with Gasteiger partial charge in [0, 0.05) is 19.6 Å². The van der Waals surface area contributed by atoms with Gasteiger partial charge in [0.05, 0.1) is 12.6 Å². The molecule has 1 aliphatic rings. The molecule has 1 N–H and O–H groups in total. The maximum absolute atomic E-state index is 9.16.